The van der Waals surface area contributed by atoms with Crippen LogP contribution in [0.15, 0.2) is 54.6 Å². The molecular formula is C17H15F2N. The minimum absolute atomic E-state index is 0.317. The Kier molecular flexibility index (Phi) is 3.36. The third kappa shape index (κ3) is 2.25. The number of rotatable bonds is 3. The SMILES string of the molecule is N[C@@H](CC(F)F)c1cc2ccccc2c2ccccc12. The molecule has 0 fully saturated rings. The van der Waals surface area contributed by atoms with Crippen molar-refractivity contribution in [2.75, 3.05) is 0 Å². The first-order chi connectivity index (χ1) is 9.66. The Bertz CT molecular complexity index is 752. The molecule has 3 aromatic rings. The maximum absolute atomic E-state index is 12.6. The molecule has 3 heteroatoms. The number of fused-ring (bicyclic) bond motifs is 3. The number of halogens is 2. The van der Waals surface area contributed by atoms with E-state index >= 15 is 0 Å². The van der Waals surface area contributed by atoms with Gasteiger partial charge in [-0.25, -0.2) is 8.78 Å². The molecule has 1 atom stereocenters. The van der Waals surface area contributed by atoms with Gasteiger partial charge in [-0.3, -0.25) is 0 Å². The molecule has 0 heterocycles. The first-order valence-electron chi connectivity index (χ1n) is 6.61. The average molecular weight is 271 g/mol. The Labute approximate surface area is 116 Å². The molecule has 2 N–H and O–H groups in total. The molecule has 20 heavy (non-hydrogen) atoms. The third-order valence-electron chi connectivity index (χ3n) is 3.63. The molecule has 0 unspecified atom stereocenters. The van der Waals surface area contributed by atoms with Crippen molar-refractivity contribution in [1.29, 1.82) is 0 Å². The lowest BCUT2D eigenvalue weighted by Gasteiger charge is -2.16. The van der Waals surface area contributed by atoms with Crippen molar-refractivity contribution >= 4 is 21.5 Å². The van der Waals surface area contributed by atoms with Crippen molar-refractivity contribution in [3.05, 3.63) is 60.2 Å². The van der Waals surface area contributed by atoms with Gasteiger partial charge in [-0.05, 0) is 33.2 Å². The molecular weight excluding hydrogens is 256 g/mol. The van der Waals surface area contributed by atoms with Gasteiger partial charge in [0.05, 0.1) is 0 Å². The highest BCUT2D eigenvalue weighted by Crippen LogP contribution is 2.32. The molecule has 0 radical (unpaired) electrons. The van der Waals surface area contributed by atoms with E-state index in [1.54, 1.807) is 0 Å². The van der Waals surface area contributed by atoms with E-state index in [4.69, 9.17) is 5.73 Å². The van der Waals surface area contributed by atoms with Gasteiger partial charge in [0.15, 0.2) is 0 Å². The van der Waals surface area contributed by atoms with Crippen LogP contribution in [0.2, 0.25) is 0 Å². The Balaban J connectivity index is 2.29. The van der Waals surface area contributed by atoms with E-state index in [2.05, 4.69) is 0 Å². The van der Waals surface area contributed by atoms with Gasteiger partial charge >= 0.3 is 0 Å². The number of alkyl halides is 2. The quantitative estimate of drug-likeness (QED) is 0.689. The van der Waals surface area contributed by atoms with Crippen LogP contribution in [0, 0.1) is 0 Å². The van der Waals surface area contributed by atoms with Crippen LogP contribution in [-0.2, 0) is 0 Å². The summed E-state index contributed by atoms with van der Waals surface area (Å²) in [6, 6.07) is 17.1. The van der Waals surface area contributed by atoms with Crippen molar-refractivity contribution in [3.8, 4) is 0 Å². The summed E-state index contributed by atoms with van der Waals surface area (Å²) in [6.07, 6.45) is -2.71. The number of hydrogen-bond donors (Lipinski definition) is 1. The summed E-state index contributed by atoms with van der Waals surface area (Å²) in [5, 5.41) is 4.17. The van der Waals surface area contributed by atoms with E-state index in [1.165, 1.54) is 0 Å². The fourth-order valence-corrected chi connectivity index (χ4v) is 2.71. The molecule has 0 aliphatic rings. The Morgan fingerprint density at radius 1 is 0.850 bits per heavy atom. The molecule has 0 aliphatic heterocycles. The second-order valence-electron chi connectivity index (χ2n) is 4.97. The van der Waals surface area contributed by atoms with Gasteiger partial charge in [0.2, 0.25) is 6.43 Å². The third-order valence-corrected chi connectivity index (χ3v) is 3.63. The first-order valence-corrected chi connectivity index (χ1v) is 6.61. The fourth-order valence-electron chi connectivity index (χ4n) is 2.71. The van der Waals surface area contributed by atoms with Crippen LogP contribution in [0.3, 0.4) is 0 Å². The standard InChI is InChI=1S/C17H15F2N/c18-17(19)10-16(20)15-9-11-5-1-2-6-12(11)13-7-3-4-8-14(13)15/h1-9,16-17H,10,20H2/t16-/m0/s1. The molecule has 0 bridgehead atoms. The molecule has 1 nitrogen and oxygen atoms in total. The van der Waals surface area contributed by atoms with E-state index in [0.29, 0.717) is 0 Å². The average Bonchev–Trinajstić information content (AvgIpc) is 2.45. The molecule has 0 aromatic heterocycles. The normalized spacial score (nSPS) is 13.2. The molecule has 3 rings (SSSR count). The molecule has 0 amide bonds. The molecule has 0 saturated carbocycles. The number of hydrogen-bond acceptors (Lipinski definition) is 1. The molecule has 0 spiro atoms. The van der Waals surface area contributed by atoms with Crippen LogP contribution in [0.5, 0.6) is 0 Å². The number of nitrogens with two attached hydrogens (primary N) is 1. The zero-order valence-corrected chi connectivity index (χ0v) is 10.9. The summed E-state index contributed by atoms with van der Waals surface area (Å²) >= 11 is 0. The maximum atomic E-state index is 12.6. The predicted octanol–water partition coefficient (Wildman–Crippen LogP) is 4.65. The van der Waals surface area contributed by atoms with Gasteiger partial charge in [0, 0.05) is 12.5 Å². The van der Waals surface area contributed by atoms with Gasteiger partial charge in [0.1, 0.15) is 0 Å². The van der Waals surface area contributed by atoms with Crippen molar-refractivity contribution < 1.29 is 8.78 Å². The predicted molar refractivity (Wildman–Crippen MR) is 79.0 cm³/mol. The zero-order chi connectivity index (χ0) is 14.1. The van der Waals surface area contributed by atoms with Crippen LogP contribution in [-0.4, -0.2) is 6.43 Å². The fraction of sp³-hybridized carbons (Fsp3) is 0.176. The summed E-state index contributed by atoms with van der Waals surface area (Å²) in [6.45, 7) is 0. The van der Waals surface area contributed by atoms with Crippen LogP contribution in [0.1, 0.15) is 18.0 Å². The Morgan fingerprint density at radius 2 is 1.45 bits per heavy atom. The summed E-state index contributed by atoms with van der Waals surface area (Å²) in [5.41, 5.74) is 6.76. The summed E-state index contributed by atoms with van der Waals surface area (Å²) in [7, 11) is 0. The van der Waals surface area contributed by atoms with Gasteiger partial charge in [-0.15, -0.1) is 0 Å². The Morgan fingerprint density at radius 3 is 2.15 bits per heavy atom. The lowest BCUT2D eigenvalue weighted by Crippen LogP contribution is -2.14. The van der Waals surface area contributed by atoms with Crippen LogP contribution in [0.4, 0.5) is 8.78 Å². The minimum Gasteiger partial charge on any atom is -0.324 e. The van der Waals surface area contributed by atoms with Gasteiger partial charge in [-0.1, -0.05) is 48.5 Å². The molecule has 0 aliphatic carbocycles. The van der Waals surface area contributed by atoms with Gasteiger partial charge < -0.3 is 5.73 Å². The highest BCUT2D eigenvalue weighted by atomic mass is 19.3. The topological polar surface area (TPSA) is 26.0 Å². The monoisotopic (exact) mass is 271 g/mol. The lowest BCUT2D eigenvalue weighted by molar-refractivity contribution is 0.128. The zero-order valence-electron chi connectivity index (χ0n) is 10.9. The summed E-state index contributed by atoms with van der Waals surface area (Å²) in [4.78, 5) is 0. The minimum atomic E-state index is -2.39. The van der Waals surface area contributed by atoms with E-state index < -0.39 is 12.5 Å². The van der Waals surface area contributed by atoms with E-state index in [9.17, 15) is 8.78 Å². The van der Waals surface area contributed by atoms with Crippen LogP contribution >= 0.6 is 0 Å². The molecule has 0 saturated heterocycles. The van der Waals surface area contributed by atoms with E-state index in [1.807, 2.05) is 54.6 Å². The summed E-state index contributed by atoms with van der Waals surface area (Å²) in [5.74, 6) is 0. The highest BCUT2D eigenvalue weighted by Gasteiger charge is 2.16. The van der Waals surface area contributed by atoms with Crippen molar-refractivity contribution in [2.45, 2.75) is 18.9 Å². The highest BCUT2D eigenvalue weighted by molar-refractivity contribution is 6.09. The van der Waals surface area contributed by atoms with Gasteiger partial charge in [0.25, 0.3) is 0 Å². The van der Waals surface area contributed by atoms with Crippen LogP contribution < -0.4 is 5.73 Å². The molecule has 102 valence electrons. The van der Waals surface area contributed by atoms with Crippen molar-refractivity contribution in [2.24, 2.45) is 5.73 Å². The maximum Gasteiger partial charge on any atom is 0.240 e. The van der Waals surface area contributed by atoms with Crippen molar-refractivity contribution in [3.63, 3.8) is 0 Å². The van der Waals surface area contributed by atoms with Gasteiger partial charge in [-0.2, -0.15) is 0 Å². The number of benzene rings is 3. The van der Waals surface area contributed by atoms with Crippen molar-refractivity contribution in [1.82, 2.24) is 0 Å². The molecule has 3 aromatic carbocycles. The van der Waals surface area contributed by atoms with Crippen LogP contribution in [0.25, 0.3) is 21.5 Å². The summed E-state index contributed by atoms with van der Waals surface area (Å²) < 4.78 is 25.2. The van der Waals surface area contributed by atoms with E-state index in [0.717, 1.165) is 27.1 Å². The second-order valence-corrected chi connectivity index (χ2v) is 4.97. The first kappa shape index (κ1) is 13.0. The lowest BCUT2D eigenvalue weighted by atomic mass is 9.93. The Hall–Kier alpha value is -2.00. The van der Waals surface area contributed by atoms with E-state index in [-0.39, 0.29) is 6.42 Å². The second kappa shape index (κ2) is 5.17. The smallest absolute Gasteiger partial charge is 0.240 e. The largest absolute Gasteiger partial charge is 0.324 e.